The van der Waals surface area contributed by atoms with Crippen molar-refractivity contribution in [3.8, 4) is 0 Å². The van der Waals surface area contributed by atoms with Gasteiger partial charge in [0.05, 0.1) is 6.54 Å². The van der Waals surface area contributed by atoms with Crippen molar-refractivity contribution < 1.29 is 19.5 Å². The first-order valence-electron chi connectivity index (χ1n) is 5.95. The SMILES string of the molecule is CNC(=O)CNC(=O)c1cccc(C=CC(=O)O)c1C. The van der Waals surface area contributed by atoms with Gasteiger partial charge in [0.2, 0.25) is 5.91 Å². The van der Waals surface area contributed by atoms with Crippen molar-refractivity contribution in [3.63, 3.8) is 0 Å². The highest BCUT2D eigenvalue weighted by Crippen LogP contribution is 2.15. The Morgan fingerprint density at radius 3 is 2.60 bits per heavy atom. The monoisotopic (exact) mass is 276 g/mol. The summed E-state index contributed by atoms with van der Waals surface area (Å²) in [6.45, 7) is 1.61. The van der Waals surface area contributed by atoms with Crippen LogP contribution in [0.25, 0.3) is 6.08 Å². The van der Waals surface area contributed by atoms with E-state index >= 15 is 0 Å². The van der Waals surface area contributed by atoms with Gasteiger partial charge in [-0.05, 0) is 30.2 Å². The van der Waals surface area contributed by atoms with Gasteiger partial charge in [0.15, 0.2) is 0 Å². The molecule has 0 spiro atoms. The molecule has 0 aromatic heterocycles. The van der Waals surface area contributed by atoms with Gasteiger partial charge in [0.1, 0.15) is 0 Å². The quantitative estimate of drug-likeness (QED) is 0.685. The largest absolute Gasteiger partial charge is 0.478 e. The van der Waals surface area contributed by atoms with Gasteiger partial charge in [-0.15, -0.1) is 0 Å². The summed E-state index contributed by atoms with van der Waals surface area (Å²) in [4.78, 5) is 33.5. The maximum atomic E-state index is 11.9. The second kappa shape index (κ2) is 7.08. The number of carboxylic acid groups (broad SMARTS) is 1. The molecule has 3 N–H and O–H groups in total. The zero-order valence-corrected chi connectivity index (χ0v) is 11.3. The maximum absolute atomic E-state index is 11.9. The van der Waals surface area contributed by atoms with E-state index in [9.17, 15) is 14.4 Å². The van der Waals surface area contributed by atoms with E-state index in [0.29, 0.717) is 16.7 Å². The molecule has 0 aliphatic heterocycles. The number of rotatable bonds is 5. The summed E-state index contributed by atoms with van der Waals surface area (Å²) in [5.41, 5.74) is 1.70. The van der Waals surface area contributed by atoms with E-state index < -0.39 is 5.97 Å². The molecule has 6 heteroatoms. The summed E-state index contributed by atoms with van der Waals surface area (Å²) in [6.07, 6.45) is 2.43. The molecular formula is C14H16N2O4. The Hall–Kier alpha value is -2.63. The molecule has 2 amide bonds. The van der Waals surface area contributed by atoms with E-state index in [0.717, 1.165) is 6.08 Å². The Bertz CT molecular complexity index is 564. The van der Waals surface area contributed by atoms with Crippen LogP contribution in [0.2, 0.25) is 0 Å². The number of amides is 2. The van der Waals surface area contributed by atoms with Gasteiger partial charge in [-0.25, -0.2) is 4.79 Å². The smallest absolute Gasteiger partial charge is 0.328 e. The average Bonchev–Trinajstić information content (AvgIpc) is 2.43. The molecule has 106 valence electrons. The van der Waals surface area contributed by atoms with E-state index in [2.05, 4.69) is 10.6 Å². The Kier molecular flexibility index (Phi) is 5.46. The molecule has 0 bridgehead atoms. The van der Waals surface area contributed by atoms with Gasteiger partial charge >= 0.3 is 5.97 Å². The molecule has 0 aliphatic rings. The third-order valence-corrected chi connectivity index (χ3v) is 2.71. The second-order valence-corrected chi connectivity index (χ2v) is 4.05. The van der Waals surface area contributed by atoms with Gasteiger partial charge in [-0.1, -0.05) is 12.1 Å². The maximum Gasteiger partial charge on any atom is 0.328 e. The Morgan fingerprint density at radius 1 is 1.30 bits per heavy atom. The topological polar surface area (TPSA) is 95.5 Å². The van der Waals surface area contributed by atoms with Gasteiger partial charge < -0.3 is 15.7 Å². The van der Waals surface area contributed by atoms with Crippen LogP contribution in [-0.2, 0) is 9.59 Å². The molecule has 0 aliphatic carbocycles. The van der Waals surface area contributed by atoms with Gasteiger partial charge in [0.25, 0.3) is 5.91 Å². The first kappa shape index (κ1) is 15.4. The van der Waals surface area contributed by atoms with E-state index in [1.165, 1.54) is 13.1 Å². The van der Waals surface area contributed by atoms with E-state index in [4.69, 9.17) is 5.11 Å². The summed E-state index contributed by atoms with van der Waals surface area (Å²) in [6, 6.07) is 4.99. The van der Waals surface area contributed by atoms with Crippen molar-refractivity contribution in [3.05, 3.63) is 41.0 Å². The number of nitrogens with one attached hydrogen (secondary N) is 2. The number of benzene rings is 1. The minimum atomic E-state index is -1.06. The van der Waals surface area contributed by atoms with Crippen LogP contribution in [0.5, 0.6) is 0 Å². The molecule has 0 fully saturated rings. The summed E-state index contributed by atoms with van der Waals surface area (Å²) in [5.74, 6) is -1.73. The lowest BCUT2D eigenvalue weighted by atomic mass is 10.0. The number of aliphatic carboxylic acids is 1. The molecule has 20 heavy (non-hydrogen) atoms. The second-order valence-electron chi connectivity index (χ2n) is 4.05. The van der Waals surface area contributed by atoms with Gasteiger partial charge in [-0.3, -0.25) is 9.59 Å². The van der Waals surface area contributed by atoms with Crippen LogP contribution < -0.4 is 10.6 Å². The van der Waals surface area contributed by atoms with Gasteiger partial charge in [-0.2, -0.15) is 0 Å². The summed E-state index contributed by atoms with van der Waals surface area (Å²) in [5, 5.41) is 13.5. The molecule has 0 unspecified atom stereocenters. The predicted octanol–water partition coefficient (Wildman–Crippen LogP) is 0.569. The van der Waals surface area contributed by atoms with Crippen molar-refractivity contribution in [2.45, 2.75) is 6.92 Å². The van der Waals surface area contributed by atoms with Crippen molar-refractivity contribution in [2.75, 3.05) is 13.6 Å². The highest BCUT2D eigenvalue weighted by molar-refractivity contribution is 5.98. The van der Waals surface area contributed by atoms with Crippen molar-refractivity contribution in [1.82, 2.24) is 10.6 Å². The fourth-order valence-electron chi connectivity index (χ4n) is 1.59. The first-order valence-corrected chi connectivity index (χ1v) is 5.95. The van der Waals surface area contributed by atoms with E-state index in [-0.39, 0.29) is 18.4 Å². The minimum Gasteiger partial charge on any atom is -0.478 e. The van der Waals surface area contributed by atoms with Crippen LogP contribution in [0.3, 0.4) is 0 Å². The van der Waals surface area contributed by atoms with E-state index in [1.807, 2.05) is 0 Å². The van der Waals surface area contributed by atoms with Crippen molar-refractivity contribution in [2.24, 2.45) is 0 Å². The normalized spacial score (nSPS) is 10.3. The third kappa shape index (κ3) is 4.24. The first-order chi connectivity index (χ1) is 9.45. The Balaban J connectivity index is 2.90. The number of likely N-dealkylation sites (N-methyl/N-ethyl adjacent to an activating group) is 1. The molecule has 1 aromatic carbocycles. The molecule has 0 saturated heterocycles. The third-order valence-electron chi connectivity index (χ3n) is 2.71. The number of carbonyl (C=O) groups is 3. The lowest BCUT2D eigenvalue weighted by molar-refractivity contribution is -0.131. The summed E-state index contributed by atoms with van der Waals surface area (Å²) in [7, 11) is 1.48. The minimum absolute atomic E-state index is 0.107. The number of carboxylic acids is 1. The Labute approximate surface area is 116 Å². The fourth-order valence-corrected chi connectivity index (χ4v) is 1.59. The van der Waals surface area contributed by atoms with Crippen molar-refractivity contribution >= 4 is 23.9 Å². The molecule has 1 aromatic rings. The molecule has 6 nitrogen and oxygen atoms in total. The highest BCUT2D eigenvalue weighted by Gasteiger charge is 2.11. The van der Waals surface area contributed by atoms with Crippen molar-refractivity contribution in [1.29, 1.82) is 0 Å². The van der Waals surface area contributed by atoms with Crippen LogP contribution in [0.1, 0.15) is 21.5 Å². The van der Waals surface area contributed by atoms with Crippen LogP contribution in [0.15, 0.2) is 24.3 Å². The molecule has 0 saturated carbocycles. The van der Waals surface area contributed by atoms with Crippen LogP contribution in [0.4, 0.5) is 0 Å². The molecular weight excluding hydrogens is 260 g/mol. The lowest BCUT2D eigenvalue weighted by Gasteiger charge is -2.09. The Morgan fingerprint density at radius 2 is 2.00 bits per heavy atom. The predicted molar refractivity (Wildman–Crippen MR) is 74.2 cm³/mol. The highest BCUT2D eigenvalue weighted by atomic mass is 16.4. The number of hydrogen-bond acceptors (Lipinski definition) is 3. The lowest BCUT2D eigenvalue weighted by Crippen LogP contribution is -2.35. The van der Waals surface area contributed by atoms with E-state index in [1.54, 1.807) is 25.1 Å². The number of carbonyl (C=O) groups excluding carboxylic acids is 2. The summed E-state index contributed by atoms with van der Waals surface area (Å²) < 4.78 is 0. The zero-order valence-electron chi connectivity index (χ0n) is 11.3. The van der Waals surface area contributed by atoms with Crippen LogP contribution >= 0.6 is 0 Å². The van der Waals surface area contributed by atoms with Gasteiger partial charge in [0, 0.05) is 18.7 Å². The molecule has 0 atom stereocenters. The molecule has 0 radical (unpaired) electrons. The number of hydrogen-bond donors (Lipinski definition) is 3. The van der Waals surface area contributed by atoms with Crippen LogP contribution in [-0.4, -0.2) is 36.5 Å². The fraction of sp³-hybridized carbons (Fsp3) is 0.214. The average molecular weight is 276 g/mol. The summed E-state index contributed by atoms with van der Waals surface area (Å²) >= 11 is 0. The zero-order chi connectivity index (χ0) is 15.1. The molecule has 1 rings (SSSR count). The van der Waals surface area contributed by atoms with Crippen LogP contribution in [0, 0.1) is 6.92 Å². The molecule has 0 heterocycles. The standard InChI is InChI=1S/C14H16N2O4/c1-9-10(6-7-13(18)19)4-3-5-11(9)14(20)16-8-12(17)15-2/h3-7H,8H2,1-2H3,(H,15,17)(H,16,20)(H,18,19).